The predicted molar refractivity (Wildman–Crippen MR) is 69.1 cm³/mol. The number of aliphatic hydroxyl groups is 1. The Morgan fingerprint density at radius 3 is 2.44 bits per heavy atom. The lowest BCUT2D eigenvalue weighted by Crippen LogP contribution is -2.62. The summed E-state index contributed by atoms with van der Waals surface area (Å²) < 4.78 is 0. The maximum atomic E-state index is 12.1. The van der Waals surface area contributed by atoms with Crippen LogP contribution in [0.5, 0.6) is 0 Å². The highest BCUT2D eigenvalue weighted by Gasteiger charge is 2.60. The molecule has 0 aliphatic heterocycles. The fourth-order valence-corrected chi connectivity index (χ4v) is 3.48. The number of carbonyl (C=O) groups is 2. The van der Waals surface area contributed by atoms with Crippen LogP contribution in [0.4, 0.5) is 0 Å². The van der Waals surface area contributed by atoms with Crippen LogP contribution in [0.15, 0.2) is 11.1 Å². The highest BCUT2D eigenvalue weighted by atomic mass is 16.3. The van der Waals surface area contributed by atoms with Crippen molar-refractivity contribution in [2.75, 3.05) is 0 Å². The van der Waals surface area contributed by atoms with E-state index in [2.05, 4.69) is 6.92 Å². The Morgan fingerprint density at radius 1 is 1.28 bits per heavy atom. The molecule has 0 aromatic heterocycles. The van der Waals surface area contributed by atoms with Gasteiger partial charge in [-0.1, -0.05) is 19.4 Å². The van der Waals surface area contributed by atoms with Crippen LogP contribution in [0.2, 0.25) is 0 Å². The van der Waals surface area contributed by atoms with Crippen molar-refractivity contribution in [3.8, 4) is 0 Å². The second-order valence-corrected chi connectivity index (χ2v) is 6.40. The van der Waals surface area contributed by atoms with Crippen molar-refractivity contribution in [1.29, 1.82) is 0 Å². The van der Waals surface area contributed by atoms with Crippen LogP contribution in [0.1, 0.15) is 53.4 Å². The van der Waals surface area contributed by atoms with Gasteiger partial charge in [-0.05, 0) is 38.2 Å². The summed E-state index contributed by atoms with van der Waals surface area (Å²) in [7, 11) is 0. The third-order valence-corrected chi connectivity index (χ3v) is 5.20. The van der Waals surface area contributed by atoms with Crippen molar-refractivity contribution in [2.45, 2.75) is 59.0 Å². The smallest absolute Gasteiger partial charge is 0.165 e. The van der Waals surface area contributed by atoms with Gasteiger partial charge in [-0.25, -0.2) is 0 Å². The summed E-state index contributed by atoms with van der Waals surface area (Å²) in [5.74, 6) is 0.0457. The molecule has 0 heterocycles. The number of ketones is 2. The van der Waals surface area contributed by atoms with E-state index in [0.29, 0.717) is 12.8 Å². The first kappa shape index (κ1) is 13.5. The lowest BCUT2D eigenvalue weighted by molar-refractivity contribution is -0.176. The van der Waals surface area contributed by atoms with Crippen molar-refractivity contribution < 1.29 is 14.7 Å². The summed E-state index contributed by atoms with van der Waals surface area (Å²) in [6.45, 7) is 7.90. The molecule has 0 spiro atoms. The predicted octanol–water partition coefficient (Wildman–Crippen LogP) is 2.42. The molecular formula is C15H22O3. The van der Waals surface area contributed by atoms with Gasteiger partial charge >= 0.3 is 0 Å². The minimum atomic E-state index is -1.44. The van der Waals surface area contributed by atoms with Crippen molar-refractivity contribution in [1.82, 2.24) is 0 Å². The van der Waals surface area contributed by atoms with Gasteiger partial charge in [0, 0.05) is 18.3 Å². The van der Waals surface area contributed by atoms with Gasteiger partial charge in [-0.3, -0.25) is 9.59 Å². The van der Waals surface area contributed by atoms with Crippen LogP contribution in [0.25, 0.3) is 0 Å². The molecule has 0 radical (unpaired) electrons. The molecule has 0 bridgehead atoms. The van der Waals surface area contributed by atoms with Crippen LogP contribution in [0, 0.1) is 11.3 Å². The van der Waals surface area contributed by atoms with E-state index in [1.54, 1.807) is 0 Å². The topological polar surface area (TPSA) is 54.4 Å². The van der Waals surface area contributed by atoms with E-state index >= 15 is 0 Å². The average molecular weight is 250 g/mol. The van der Waals surface area contributed by atoms with Crippen LogP contribution < -0.4 is 0 Å². The molecule has 0 saturated heterocycles. The maximum Gasteiger partial charge on any atom is 0.165 e. The Hall–Kier alpha value is -0.960. The Labute approximate surface area is 108 Å². The molecule has 2 rings (SSSR count). The highest BCUT2D eigenvalue weighted by Crippen LogP contribution is 2.55. The number of rotatable bonds is 0. The Bertz CT molecular complexity index is 445. The molecule has 3 heteroatoms. The van der Waals surface area contributed by atoms with Gasteiger partial charge < -0.3 is 5.11 Å². The number of fused-ring (bicyclic) bond motifs is 1. The van der Waals surface area contributed by atoms with Gasteiger partial charge in [0.1, 0.15) is 5.60 Å². The van der Waals surface area contributed by atoms with Gasteiger partial charge in [0.15, 0.2) is 11.6 Å². The third-order valence-electron chi connectivity index (χ3n) is 5.20. The van der Waals surface area contributed by atoms with Gasteiger partial charge in [-0.2, -0.15) is 0 Å². The van der Waals surface area contributed by atoms with Gasteiger partial charge in [0.25, 0.3) is 0 Å². The first-order chi connectivity index (χ1) is 8.22. The number of hydrogen-bond donors (Lipinski definition) is 1. The molecule has 0 amide bonds. The molecule has 0 aromatic rings. The minimum Gasteiger partial charge on any atom is -0.381 e. The molecule has 3 atom stereocenters. The molecule has 3 unspecified atom stereocenters. The normalized spacial score (nSPS) is 40.7. The first-order valence-electron chi connectivity index (χ1n) is 6.67. The fourth-order valence-electron chi connectivity index (χ4n) is 3.48. The lowest BCUT2D eigenvalue weighted by atomic mass is 9.51. The molecule has 0 aromatic carbocycles. The van der Waals surface area contributed by atoms with Crippen LogP contribution in [-0.4, -0.2) is 22.3 Å². The van der Waals surface area contributed by atoms with E-state index in [0.717, 1.165) is 17.6 Å². The zero-order chi connectivity index (χ0) is 13.7. The quantitative estimate of drug-likeness (QED) is 0.672. The summed E-state index contributed by atoms with van der Waals surface area (Å²) in [4.78, 5) is 24.2. The minimum absolute atomic E-state index is 0.0345. The summed E-state index contributed by atoms with van der Waals surface area (Å²) in [6.07, 6.45) is 1.69. The molecule has 2 saturated carbocycles. The fraction of sp³-hybridized carbons (Fsp3) is 0.733. The number of carbonyl (C=O) groups excluding carboxylic acids is 2. The second-order valence-electron chi connectivity index (χ2n) is 6.40. The third kappa shape index (κ3) is 1.60. The Kier molecular flexibility index (Phi) is 3.01. The second kappa shape index (κ2) is 4.02. The zero-order valence-electron chi connectivity index (χ0n) is 11.7. The van der Waals surface area contributed by atoms with Gasteiger partial charge in [0.2, 0.25) is 0 Å². The lowest BCUT2D eigenvalue weighted by Gasteiger charge is -2.54. The first-order valence-corrected chi connectivity index (χ1v) is 6.67. The Morgan fingerprint density at radius 2 is 1.89 bits per heavy atom. The van der Waals surface area contributed by atoms with E-state index in [4.69, 9.17) is 0 Å². The van der Waals surface area contributed by atoms with Crippen LogP contribution in [0.3, 0.4) is 0 Å². The van der Waals surface area contributed by atoms with Crippen LogP contribution in [-0.2, 0) is 9.59 Å². The van der Waals surface area contributed by atoms with Gasteiger partial charge in [-0.15, -0.1) is 0 Å². The largest absolute Gasteiger partial charge is 0.381 e. The number of hydrogen-bond acceptors (Lipinski definition) is 3. The molecule has 100 valence electrons. The van der Waals surface area contributed by atoms with Crippen molar-refractivity contribution in [2.24, 2.45) is 11.3 Å². The highest BCUT2D eigenvalue weighted by molar-refractivity contribution is 6.04. The standard InChI is InChI=1S/C15H22O3/c1-9(2)11-7-14(4)10(3)5-6-13(17)15(14,18)8-12(11)16/h10,18H,5-8H2,1-4H3. The maximum absolute atomic E-state index is 12.1. The Balaban J connectivity index is 2.52. The molecule has 3 nitrogen and oxygen atoms in total. The number of allylic oxidation sites excluding steroid dienone is 2. The molecule has 18 heavy (non-hydrogen) atoms. The van der Waals surface area contributed by atoms with E-state index in [1.807, 2.05) is 20.8 Å². The van der Waals surface area contributed by atoms with Gasteiger partial charge in [0.05, 0.1) is 0 Å². The van der Waals surface area contributed by atoms with Crippen LogP contribution >= 0.6 is 0 Å². The van der Waals surface area contributed by atoms with Crippen molar-refractivity contribution in [3.05, 3.63) is 11.1 Å². The molecule has 2 fully saturated rings. The summed E-state index contributed by atoms with van der Waals surface area (Å²) in [5, 5.41) is 10.8. The number of Topliss-reactive ketones (excluding diaryl/α,β-unsaturated/α-hetero) is 2. The van der Waals surface area contributed by atoms with E-state index in [1.165, 1.54) is 0 Å². The van der Waals surface area contributed by atoms with E-state index in [-0.39, 0.29) is 23.9 Å². The van der Waals surface area contributed by atoms with Crippen molar-refractivity contribution >= 4 is 11.6 Å². The average Bonchev–Trinajstić information content (AvgIpc) is 2.28. The summed E-state index contributed by atoms with van der Waals surface area (Å²) in [6, 6.07) is 0. The van der Waals surface area contributed by atoms with E-state index in [9.17, 15) is 14.7 Å². The monoisotopic (exact) mass is 250 g/mol. The zero-order valence-corrected chi connectivity index (χ0v) is 11.7. The molecule has 1 N–H and O–H groups in total. The summed E-state index contributed by atoms with van der Waals surface area (Å²) in [5.41, 5.74) is -0.124. The molecule has 2 aliphatic carbocycles. The molecule has 2 aliphatic rings. The van der Waals surface area contributed by atoms with Crippen molar-refractivity contribution in [3.63, 3.8) is 0 Å². The molecular weight excluding hydrogens is 228 g/mol. The SMILES string of the molecule is CC(C)=C1CC2(C)C(C)CCC(=O)C2(O)CC1=O. The van der Waals surface area contributed by atoms with E-state index < -0.39 is 11.0 Å². The summed E-state index contributed by atoms with van der Waals surface area (Å²) >= 11 is 0.